The summed E-state index contributed by atoms with van der Waals surface area (Å²) >= 11 is 0. The number of carbonyl (C=O) groups excluding carboxylic acids is 2. The van der Waals surface area contributed by atoms with Crippen LogP contribution >= 0.6 is 0 Å². The maximum absolute atomic E-state index is 12.4. The molecule has 0 aliphatic heterocycles. The van der Waals surface area contributed by atoms with E-state index in [0.29, 0.717) is 25.2 Å². The summed E-state index contributed by atoms with van der Waals surface area (Å²) in [6.07, 6.45) is 1.49. The third kappa shape index (κ3) is 4.79. The number of benzene rings is 1. The zero-order chi connectivity index (χ0) is 18.2. The summed E-state index contributed by atoms with van der Waals surface area (Å²) in [5.74, 6) is 0.348. The van der Waals surface area contributed by atoms with Gasteiger partial charge in [0, 0.05) is 31.4 Å². The molecule has 0 bridgehead atoms. The number of ether oxygens (including phenoxy) is 1. The van der Waals surface area contributed by atoms with Gasteiger partial charge in [0.25, 0.3) is 11.8 Å². The van der Waals surface area contributed by atoms with Crippen LogP contribution in [-0.2, 0) is 6.54 Å². The van der Waals surface area contributed by atoms with Gasteiger partial charge in [0.1, 0.15) is 11.4 Å². The Labute approximate surface area is 147 Å². The topological polar surface area (TPSA) is 71.5 Å². The van der Waals surface area contributed by atoms with Crippen molar-refractivity contribution in [2.45, 2.75) is 20.4 Å². The van der Waals surface area contributed by atoms with Gasteiger partial charge in [-0.3, -0.25) is 14.6 Å². The molecular weight excluding hydrogens is 318 g/mol. The molecule has 2 aromatic rings. The molecule has 2 rings (SSSR count). The third-order valence-corrected chi connectivity index (χ3v) is 3.90. The predicted molar refractivity (Wildman–Crippen MR) is 95.7 cm³/mol. The number of nitrogens with one attached hydrogen (secondary N) is 1. The number of nitrogens with zero attached hydrogens (tertiary/aromatic N) is 2. The first kappa shape index (κ1) is 18.4. The summed E-state index contributed by atoms with van der Waals surface area (Å²) in [7, 11) is 1.61. The fraction of sp³-hybridized carbons (Fsp3) is 0.316. The van der Waals surface area contributed by atoms with Crippen LogP contribution in [0.5, 0.6) is 5.75 Å². The highest BCUT2D eigenvalue weighted by molar-refractivity contribution is 5.98. The number of amides is 2. The highest BCUT2D eigenvalue weighted by Gasteiger charge is 2.15. The minimum atomic E-state index is -0.315. The summed E-state index contributed by atoms with van der Waals surface area (Å²) in [6, 6.07) is 10.6. The highest BCUT2D eigenvalue weighted by Crippen LogP contribution is 2.11. The van der Waals surface area contributed by atoms with Crippen LogP contribution in [0.3, 0.4) is 0 Å². The molecule has 0 unspecified atom stereocenters. The maximum atomic E-state index is 12.4. The van der Waals surface area contributed by atoms with Crippen molar-refractivity contribution in [3.05, 3.63) is 59.4 Å². The van der Waals surface area contributed by atoms with Gasteiger partial charge in [-0.2, -0.15) is 0 Å². The number of hydrogen-bond donors (Lipinski definition) is 1. The lowest BCUT2D eigenvalue weighted by Gasteiger charge is -2.18. The first-order valence-electron chi connectivity index (χ1n) is 8.25. The Kier molecular flexibility index (Phi) is 6.51. The molecule has 0 saturated heterocycles. The van der Waals surface area contributed by atoms with E-state index in [1.165, 1.54) is 12.3 Å². The molecule has 1 aromatic heterocycles. The molecule has 132 valence electrons. The van der Waals surface area contributed by atoms with Crippen LogP contribution in [0.1, 0.15) is 40.3 Å². The third-order valence-electron chi connectivity index (χ3n) is 3.90. The van der Waals surface area contributed by atoms with Crippen LogP contribution in [0, 0.1) is 0 Å². The van der Waals surface area contributed by atoms with Gasteiger partial charge < -0.3 is 15.0 Å². The Bertz CT molecular complexity index is 725. The van der Waals surface area contributed by atoms with Gasteiger partial charge in [-0.1, -0.05) is 12.1 Å². The SMILES string of the molecule is CCN(CC)C(=O)c1ccnc(C(=O)NCc2ccc(OC)cc2)c1. The molecule has 6 heteroatoms. The first-order chi connectivity index (χ1) is 12.1. The summed E-state index contributed by atoms with van der Waals surface area (Å²) < 4.78 is 5.10. The van der Waals surface area contributed by atoms with Crippen molar-refractivity contribution in [1.82, 2.24) is 15.2 Å². The lowest BCUT2D eigenvalue weighted by atomic mass is 10.2. The summed E-state index contributed by atoms with van der Waals surface area (Å²) in [4.78, 5) is 30.5. The van der Waals surface area contributed by atoms with E-state index in [4.69, 9.17) is 4.74 Å². The Morgan fingerprint density at radius 3 is 2.40 bits per heavy atom. The zero-order valence-electron chi connectivity index (χ0n) is 14.8. The average Bonchev–Trinajstić information content (AvgIpc) is 2.67. The predicted octanol–water partition coefficient (Wildman–Crippen LogP) is 2.50. The quantitative estimate of drug-likeness (QED) is 0.840. The van der Waals surface area contributed by atoms with E-state index in [1.807, 2.05) is 38.1 Å². The molecule has 1 aromatic carbocycles. The standard InChI is InChI=1S/C19H23N3O3/c1-4-22(5-2)19(24)15-10-11-20-17(12-15)18(23)21-13-14-6-8-16(25-3)9-7-14/h6-12H,4-5,13H2,1-3H3,(H,21,23). The minimum Gasteiger partial charge on any atom is -0.497 e. The van der Waals surface area contributed by atoms with E-state index >= 15 is 0 Å². The van der Waals surface area contributed by atoms with Gasteiger partial charge in [0.05, 0.1) is 7.11 Å². The monoisotopic (exact) mass is 341 g/mol. The lowest BCUT2D eigenvalue weighted by Crippen LogP contribution is -2.31. The minimum absolute atomic E-state index is 0.100. The second-order valence-electron chi connectivity index (χ2n) is 5.44. The molecule has 0 saturated carbocycles. The number of pyridine rings is 1. The Balaban J connectivity index is 2.03. The summed E-state index contributed by atoms with van der Waals surface area (Å²) in [5.41, 5.74) is 1.64. The van der Waals surface area contributed by atoms with Crippen LogP contribution in [-0.4, -0.2) is 41.9 Å². The Morgan fingerprint density at radius 1 is 1.12 bits per heavy atom. The molecule has 0 aliphatic carbocycles. The number of rotatable bonds is 7. The fourth-order valence-corrected chi connectivity index (χ4v) is 2.40. The number of hydrogen-bond acceptors (Lipinski definition) is 4. The largest absolute Gasteiger partial charge is 0.497 e. The van der Waals surface area contributed by atoms with Gasteiger partial charge in [-0.25, -0.2) is 0 Å². The first-order valence-corrected chi connectivity index (χ1v) is 8.25. The molecule has 0 fully saturated rings. The van der Waals surface area contributed by atoms with Crippen molar-refractivity contribution < 1.29 is 14.3 Å². The van der Waals surface area contributed by atoms with E-state index in [1.54, 1.807) is 18.1 Å². The molecule has 0 atom stereocenters. The maximum Gasteiger partial charge on any atom is 0.270 e. The smallest absolute Gasteiger partial charge is 0.270 e. The number of aromatic nitrogens is 1. The zero-order valence-corrected chi connectivity index (χ0v) is 14.8. The van der Waals surface area contributed by atoms with Crippen LogP contribution in [0.4, 0.5) is 0 Å². The van der Waals surface area contributed by atoms with E-state index in [-0.39, 0.29) is 17.5 Å². The molecule has 0 aliphatic rings. The highest BCUT2D eigenvalue weighted by atomic mass is 16.5. The van der Waals surface area contributed by atoms with Crippen molar-refractivity contribution >= 4 is 11.8 Å². The van der Waals surface area contributed by atoms with Gasteiger partial charge >= 0.3 is 0 Å². The van der Waals surface area contributed by atoms with Crippen molar-refractivity contribution in [2.24, 2.45) is 0 Å². The van der Waals surface area contributed by atoms with Crippen molar-refractivity contribution in [3.63, 3.8) is 0 Å². The van der Waals surface area contributed by atoms with Crippen LogP contribution in [0.15, 0.2) is 42.6 Å². The molecule has 1 heterocycles. The summed E-state index contributed by atoms with van der Waals surface area (Å²) in [5, 5.41) is 2.81. The van der Waals surface area contributed by atoms with E-state index < -0.39 is 0 Å². The van der Waals surface area contributed by atoms with Gasteiger partial charge in [-0.05, 0) is 43.7 Å². The molecule has 0 spiro atoms. The second kappa shape index (κ2) is 8.82. The van der Waals surface area contributed by atoms with Gasteiger partial charge in [0.2, 0.25) is 0 Å². The Hall–Kier alpha value is -2.89. The molecular formula is C19H23N3O3. The normalized spacial score (nSPS) is 10.2. The lowest BCUT2D eigenvalue weighted by molar-refractivity contribution is 0.0773. The van der Waals surface area contributed by atoms with Crippen molar-refractivity contribution in [2.75, 3.05) is 20.2 Å². The molecule has 25 heavy (non-hydrogen) atoms. The van der Waals surface area contributed by atoms with Gasteiger partial charge in [-0.15, -0.1) is 0 Å². The number of carbonyl (C=O) groups is 2. The van der Waals surface area contributed by atoms with Crippen LogP contribution < -0.4 is 10.1 Å². The molecule has 1 N–H and O–H groups in total. The fourth-order valence-electron chi connectivity index (χ4n) is 2.40. The second-order valence-corrected chi connectivity index (χ2v) is 5.44. The molecule has 2 amide bonds. The number of methoxy groups -OCH3 is 1. The average molecular weight is 341 g/mol. The van der Waals surface area contributed by atoms with E-state index in [9.17, 15) is 9.59 Å². The molecule has 0 radical (unpaired) electrons. The summed E-state index contributed by atoms with van der Waals surface area (Å²) in [6.45, 7) is 5.46. The van der Waals surface area contributed by atoms with Crippen molar-refractivity contribution in [1.29, 1.82) is 0 Å². The van der Waals surface area contributed by atoms with Gasteiger partial charge in [0.15, 0.2) is 0 Å². The van der Waals surface area contributed by atoms with E-state index in [2.05, 4.69) is 10.3 Å². The van der Waals surface area contributed by atoms with Crippen LogP contribution in [0.25, 0.3) is 0 Å². The molecule has 6 nitrogen and oxygen atoms in total. The van der Waals surface area contributed by atoms with Crippen LogP contribution in [0.2, 0.25) is 0 Å². The van der Waals surface area contributed by atoms with Crippen molar-refractivity contribution in [3.8, 4) is 5.75 Å². The Morgan fingerprint density at radius 2 is 1.80 bits per heavy atom. The van der Waals surface area contributed by atoms with E-state index in [0.717, 1.165) is 11.3 Å².